The Morgan fingerprint density at radius 1 is 1.05 bits per heavy atom. The molecule has 2 aromatic carbocycles. The second-order valence-electron chi connectivity index (χ2n) is 5.22. The largest absolute Gasteiger partial charge is 0.484 e. The molecule has 2 nitrogen and oxygen atoms in total. The second kappa shape index (κ2) is 6.42. The average Bonchev–Trinajstić information content (AvgIpc) is 2.40. The van der Waals surface area contributed by atoms with Gasteiger partial charge in [-0.25, -0.2) is 0 Å². The topological polar surface area (TPSA) is 35.2 Å². The molecular formula is C17H20BrNO. The minimum atomic E-state index is -0.149. The summed E-state index contributed by atoms with van der Waals surface area (Å²) in [6, 6.07) is 14.3. The van der Waals surface area contributed by atoms with Gasteiger partial charge in [-0.15, -0.1) is 0 Å². The van der Waals surface area contributed by atoms with E-state index in [1.165, 1.54) is 5.56 Å². The summed E-state index contributed by atoms with van der Waals surface area (Å²) < 4.78 is 7.16. The van der Waals surface area contributed by atoms with Gasteiger partial charge in [-0.3, -0.25) is 0 Å². The first kappa shape index (κ1) is 15.1. The van der Waals surface area contributed by atoms with Crippen LogP contribution in [-0.2, 0) is 0 Å². The lowest BCUT2D eigenvalue weighted by molar-refractivity contribution is 0.179. The molecule has 0 aromatic heterocycles. The molecule has 0 amide bonds. The maximum atomic E-state index is 6.16. The molecule has 106 valence electrons. The third kappa shape index (κ3) is 3.62. The van der Waals surface area contributed by atoms with Gasteiger partial charge >= 0.3 is 0 Å². The number of hydrogen-bond donors (Lipinski definition) is 1. The summed E-state index contributed by atoms with van der Waals surface area (Å²) in [5, 5.41) is 0. The van der Waals surface area contributed by atoms with Gasteiger partial charge in [-0.1, -0.05) is 51.8 Å². The molecule has 20 heavy (non-hydrogen) atoms. The number of hydrogen-bond acceptors (Lipinski definition) is 2. The van der Waals surface area contributed by atoms with E-state index in [1.54, 1.807) is 0 Å². The van der Waals surface area contributed by atoms with Gasteiger partial charge in [0.05, 0.1) is 0 Å². The van der Waals surface area contributed by atoms with E-state index in [-0.39, 0.29) is 12.1 Å². The first-order valence-electron chi connectivity index (χ1n) is 6.72. The van der Waals surface area contributed by atoms with Crippen LogP contribution in [0.25, 0.3) is 0 Å². The van der Waals surface area contributed by atoms with E-state index in [0.29, 0.717) is 0 Å². The Hall–Kier alpha value is -1.32. The molecule has 3 heteroatoms. The van der Waals surface area contributed by atoms with Crippen molar-refractivity contribution < 1.29 is 4.74 Å². The lowest BCUT2D eigenvalue weighted by Crippen LogP contribution is -2.29. The summed E-state index contributed by atoms with van der Waals surface area (Å²) in [7, 11) is 0. The molecule has 2 unspecified atom stereocenters. The van der Waals surface area contributed by atoms with Crippen molar-refractivity contribution in [2.45, 2.75) is 32.9 Å². The Morgan fingerprint density at radius 3 is 2.30 bits per heavy atom. The quantitative estimate of drug-likeness (QED) is 0.891. The molecule has 0 aliphatic rings. The Labute approximate surface area is 129 Å². The van der Waals surface area contributed by atoms with Crippen molar-refractivity contribution in [1.82, 2.24) is 0 Å². The van der Waals surface area contributed by atoms with Crippen LogP contribution in [0.4, 0.5) is 0 Å². The molecular weight excluding hydrogens is 314 g/mol. The SMILES string of the molecule is Cc1ccc(C(Oc2cc(Br)ccc2C)C(C)N)cc1. The first-order chi connectivity index (χ1) is 9.47. The Morgan fingerprint density at radius 2 is 1.70 bits per heavy atom. The monoisotopic (exact) mass is 333 g/mol. The molecule has 0 fully saturated rings. The van der Waals surface area contributed by atoms with E-state index in [0.717, 1.165) is 21.3 Å². The summed E-state index contributed by atoms with van der Waals surface area (Å²) in [6.07, 6.45) is -0.149. The average molecular weight is 334 g/mol. The van der Waals surface area contributed by atoms with Crippen molar-refractivity contribution in [2.24, 2.45) is 5.73 Å². The van der Waals surface area contributed by atoms with E-state index in [2.05, 4.69) is 47.1 Å². The molecule has 0 spiro atoms. The van der Waals surface area contributed by atoms with Crippen LogP contribution in [-0.4, -0.2) is 6.04 Å². The summed E-state index contributed by atoms with van der Waals surface area (Å²) in [4.78, 5) is 0. The van der Waals surface area contributed by atoms with Crippen molar-refractivity contribution in [3.8, 4) is 5.75 Å². The van der Waals surface area contributed by atoms with Gasteiger partial charge in [0, 0.05) is 10.5 Å². The van der Waals surface area contributed by atoms with Crippen LogP contribution < -0.4 is 10.5 Å². The highest BCUT2D eigenvalue weighted by Gasteiger charge is 2.19. The molecule has 0 heterocycles. The zero-order valence-corrected chi connectivity index (χ0v) is 13.6. The number of nitrogens with two attached hydrogens (primary N) is 1. The molecule has 0 radical (unpaired) electrons. The molecule has 2 rings (SSSR count). The number of rotatable bonds is 4. The maximum absolute atomic E-state index is 6.16. The van der Waals surface area contributed by atoms with Crippen LogP contribution in [0.5, 0.6) is 5.75 Å². The lowest BCUT2D eigenvalue weighted by Gasteiger charge is -2.24. The van der Waals surface area contributed by atoms with Gasteiger partial charge in [-0.2, -0.15) is 0 Å². The van der Waals surface area contributed by atoms with Crippen molar-refractivity contribution >= 4 is 15.9 Å². The Bertz CT molecular complexity index is 578. The van der Waals surface area contributed by atoms with Gasteiger partial charge in [0.15, 0.2) is 0 Å². The lowest BCUT2D eigenvalue weighted by atomic mass is 10.0. The zero-order chi connectivity index (χ0) is 14.7. The van der Waals surface area contributed by atoms with Crippen LogP contribution in [0.15, 0.2) is 46.9 Å². The van der Waals surface area contributed by atoms with E-state index in [1.807, 2.05) is 32.0 Å². The van der Waals surface area contributed by atoms with Gasteiger partial charge in [0.1, 0.15) is 11.9 Å². The summed E-state index contributed by atoms with van der Waals surface area (Å²) in [5.41, 5.74) is 9.54. The maximum Gasteiger partial charge on any atom is 0.138 e. The van der Waals surface area contributed by atoms with Gasteiger partial charge in [-0.05, 0) is 44.0 Å². The van der Waals surface area contributed by atoms with E-state index in [4.69, 9.17) is 10.5 Å². The predicted molar refractivity (Wildman–Crippen MR) is 87.1 cm³/mol. The third-order valence-corrected chi connectivity index (χ3v) is 3.78. The van der Waals surface area contributed by atoms with Gasteiger partial charge in [0.2, 0.25) is 0 Å². The van der Waals surface area contributed by atoms with E-state index >= 15 is 0 Å². The molecule has 2 aromatic rings. The van der Waals surface area contributed by atoms with Crippen molar-refractivity contribution in [3.05, 3.63) is 63.6 Å². The highest BCUT2D eigenvalue weighted by molar-refractivity contribution is 9.10. The van der Waals surface area contributed by atoms with Gasteiger partial charge in [0.25, 0.3) is 0 Å². The minimum absolute atomic E-state index is 0.0870. The standard InChI is InChI=1S/C17H20BrNO/c1-11-4-7-14(8-5-11)17(13(3)19)20-16-10-15(18)9-6-12(16)2/h4-10,13,17H,19H2,1-3H3. The fraction of sp³-hybridized carbons (Fsp3) is 0.294. The Balaban J connectivity index is 2.30. The molecule has 0 bridgehead atoms. The molecule has 0 aliphatic heterocycles. The highest BCUT2D eigenvalue weighted by Crippen LogP contribution is 2.29. The molecule has 2 atom stereocenters. The Kier molecular flexibility index (Phi) is 4.84. The normalized spacial score (nSPS) is 13.8. The number of ether oxygens (including phenoxy) is 1. The number of benzene rings is 2. The van der Waals surface area contributed by atoms with Crippen LogP contribution in [0.3, 0.4) is 0 Å². The van der Waals surface area contributed by atoms with Gasteiger partial charge < -0.3 is 10.5 Å². The zero-order valence-electron chi connectivity index (χ0n) is 12.1. The molecule has 0 saturated carbocycles. The molecule has 0 saturated heterocycles. The summed E-state index contributed by atoms with van der Waals surface area (Å²) in [5.74, 6) is 0.863. The predicted octanol–water partition coefficient (Wildman–Crippen LogP) is 4.53. The van der Waals surface area contributed by atoms with Crippen LogP contribution in [0, 0.1) is 13.8 Å². The summed E-state index contributed by atoms with van der Waals surface area (Å²) in [6.45, 7) is 6.08. The third-order valence-electron chi connectivity index (χ3n) is 3.29. The first-order valence-corrected chi connectivity index (χ1v) is 7.51. The van der Waals surface area contributed by atoms with E-state index in [9.17, 15) is 0 Å². The smallest absolute Gasteiger partial charge is 0.138 e. The van der Waals surface area contributed by atoms with Crippen LogP contribution >= 0.6 is 15.9 Å². The fourth-order valence-corrected chi connectivity index (χ4v) is 2.41. The van der Waals surface area contributed by atoms with Crippen LogP contribution in [0.2, 0.25) is 0 Å². The van der Waals surface area contributed by atoms with Crippen molar-refractivity contribution in [2.75, 3.05) is 0 Å². The number of halogens is 1. The second-order valence-corrected chi connectivity index (χ2v) is 6.13. The summed E-state index contributed by atoms with van der Waals surface area (Å²) >= 11 is 3.48. The van der Waals surface area contributed by atoms with Crippen molar-refractivity contribution in [1.29, 1.82) is 0 Å². The number of aryl methyl sites for hydroxylation is 2. The van der Waals surface area contributed by atoms with Crippen molar-refractivity contribution in [3.63, 3.8) is 0 Å². The van der Waals surface area contributed by atoms with E-state index < -0.39 is 0 Å². The molecule has 0 aliphatic carbocycles. The highest BCUT2D eigenvalue weighted by atomic mass is 79.9. The molecule has 2 N–H and O–H groups in total. The fourth-order valence-electron chi connectivity index (χ4n) is 2.07. The minimum Gasteiger partial charge on any atom is -0.484 e. The van der Waals surface area contributed by atoms with Crippen LogP contribution in [0.1, 0.15) is 29.7 Å².